The van der Waals surface area contributed by atoms with Crippen LogP contribution in [-0.4, -0.2) is 33.4 Å². The summed E-state index contributed by atoms with van der Waals surface area (Å²) >= 11 is 0. The zero-order valence-corrected chi connectivity index (χ0v) is 14.6. The number of aliphatic carboxylic acids is 1. The topological polar surface area (TPSA) is 142 Å². The third kappa shape index (κ3) is 9.19. The van der Waals surface area contributed by atoms with Crippen LogP contribution < -0.4 is 10.6 Å². The Bertz CT molecular complexity index is 873. The van der Waals surface area contributed by atoms with E-state index < -0.39 is 23.2 Å². The number of carboxylic acids is 1. The Labute approximate surface area is 161 Å². The Kier molecular flexibility index (Phi) is 8.55. The van der Waals surface area contributed by atoms with E-state index in [0.717, 1.165) is 11.1 Å². The summed E-state index contributed by atoms with van der Waals surface area (Å²) in [5, 5.41) is 32.0. The van der Waals surface area contributed by atoms with E-state index in [0.29, 0.717) is 18.8 Å². The molecule has 2 aromatic rings. The first kappa shape index (κ1) is 23.4. The number of nitro groups is 1. The number of alkyl halides is 3. The number of hydrogen-bond donors (Lipinski definition) is 4. The highest BCUT2D eigenvalue weighted by Gasteiger charge is 2.38. The molecule has 0 radical (unpaired) electrons. The molecule has 29 heavy (non-hydrogen) atoms. The summed E-state index contributed by atoms with van der Waals surface area (Å²) < 4.78 is 31.7. The lowest BCUT2D eigenvalue weighted by Crippen LogP contribution is -2.21. The van der Waals surface area contributed by atoms with Gasteiger partial charge in [-0.05, 0) is 23.3 Å². The summed E-state index contributed by atoms with van der Waals surface area (Å²) in [6.07, 6.45) is -6.19. The van der Waals surface area contributed by atoms with Gasteiger partial charge in [-0.25, -0.2) is 9.59 Å². The molecule has 0 spiro atoms. The molecule has 0 saturated heterocycles. The second kappa shape index (κ2) is 10.6. The maximum Gasteiger partial charge on any atom is 0.490 e. The highest BCUT2D eigenvalue weighted by molar-refractivity contribution is 5.82. The number of benzene rings is 2. The first-order valence-electron chi connectivity index (χ1n) is 7.82. The van der Waals surface area contributed by atoms with E-state index in [1.807, 2.05) is 12.1 Å². The molecule has 0 bridgehead atoms. The van der Waals surface area contributed by atoms with Crippen LogP contribution in [0.4, 0.5) is 29.3 Å². The second-order valence-electron chi connectivity index (χ2n) is 5.46. The van der Waals surface area contributed by atoms with E-state index >= 15 is 0 Å². The molecule has 0 heterocycles. The summed E-state index contributed by atoms with van der Waals surface area (Å²) in [4.78, 5) is 29.8. The van der Waals surface area contributed by atoms with E-state index in [-0.39, 0.29) is 5.69 Å². The number of nitro benzene ring substituents is 1. The van der Waals surface area contributed by atoms with E-state index in [1.54, 1.807) is 24.3 Å². The van der Waals surface area contributed by atoms with Crippen molar-refractivity contribution in [3.05, 3.63) is 69.8 Å². The summed E-state index contributed by atoms with van der Waals surface area (Å²) in [6, 6.07) is 13.4. The second-order valence-corrected chi connectivity index (χ2v) is 5.46. The monoisotopic (exact) mass is 415 g/mol. The van der Waals surface area contributed by atoms with Gasteiger partial charge in [-0.1, -0.05) is 24.3 Å². The van der Waals surface area contributed by atoms with Crippen LogP contribution in [0, 0.1) is 10.1 Å². The largest absolute Gasteiger partial charge is 0.490 e. The van der Waals surface area contributed by atoms with E-state index in [2.05, 4.69) is 10.6 Å². The molecule has 0 aliphatic heterocycles. The zero-order valence-electron chi connectivity index (χ0n) is 14.6. The van der Waals surface area contributed by atoms with Crippen LogP contribution in [0.25, 0.3) is 0 Å². The van der Waals surface area contributed by atoms with Crippen LogP contribution in [-0.2, 0) is 17.9 Å². The number of anilines is 1. The molecule has 0 unspecified atom stereocenters. The number of carboxylic acid groups (broad SMARTS) is 2. The van der Waals surface area contributed by atoms with Crippen molar-refractivity contribution in [3.8, 4) is 0 Å². The highest BCUT2D eigenvalue weighted by Crippen LogP contribution is 2.14. The number of nitrogens with one attached hydrogen (secondary N) is 2. The Morgan fingerprint density at radius 2 is 1.52 bits per heavy atom. The Hall–Kier alpha value is -3.67. The summed E-state index contributed by atoms with van der Waals surface area (Å²) in [7, 11) is 0. The highest BCUT2D eigenvalue weighted by atomic mass is 19.4. The smallest absolute Gasteiger partial charge is 0.475 e. The van der Waals surface area contributed by atoms with Gasteiger partial charge in [0.25, 0.3) is 5.69 Å². The molecule has 0 saturated carbocycles. The molecule has 2 rings (SSSR count). The maximum absolute atomic E-state index is 10.7. The van der Waals surface area contributed by atoms with Gasteiger partial charge >= 0.3 is 18.2 Å². The van der Waals surface area contributed by atoms with Crippen LogP contribution in [0.1, 0.15) is 11.1 Å². The molecule has 9 nitrogen and oxygen atoms in total. The van der Waals surface area contributed by atoms with Gasteiger partial charge in [-0.2, -0.15) is 13.2 Å². The van der Waals surface area contributed by atoms with E-state index in [9.17, 15) is 28.1 Å². The number of rotatable bonds is 6. The lowest BCUT2D eigenvalue weighted by molar-refractivity contribution is -0.384. The van der Waals surface area contributed by atoms with Crippen LogP contribution in [0.15, 0.2) is 48.5 Å². The third-order valence-corrected chi connectivity index (χ3v) is 3.20. The van der Waals surface area contributed by atoms with Crippen molar-refractivity contribution in [3.63, 3.8) is 0 Å². The Morgan fingerprint density at radius 3 is 2.00 bits per heavy atom. The van der Waals surface area contributed by atoms with Gasteiger partial charge in [0.2, 0.25) is 0 Å². The number of amides is 1. The normalized spacial score (nSPS) is 10.4. The quantitative estimate of drug-likeness (QED) is 0.417. The maximum atomic E-state index is 10.7. The lowest BCUT2D eigenvalue weighted by atomic mass is 10.1. The van der Waals surface area contributed by atoms with Crippen molar-refractivity contribution in [2.75, 3.05) is 5.32 Å². The predicted molar refractivity (Wildman–Crippen MR) is 95.4 cm³/mol. The molecule has 0 aliphatic rings. The summed E-state index contributed by atoms with van der Waals surface area (Å²) in [5.74, 6) is -2.76. The van der Waals surface area contributed by atoms with Gasteiger partial charge in [0.15, 0.2) is 0 Å². The van der Waals surface area contributed by atoms with Gasteiger partial charge in [0.05, 0.1) is 4.92 Å². The SMILES string of the molecule is O=C(O)C(F)(F)F.O=C(O)Nc1cccc(CNCc2cccc([N+](=O)[O-])c2)c1. The van der Waals surface area contributed by atoms with Gasteiger partial charge < -0.3 is 15.5 Å². The average molecular weight is 415 g/mol. The molecule has 0 aliphatic carbocycles. The summed E-state index contributed by atoms with van der Waals surface area (Å²) in [6.45, 7) is 1.01. The molecule has 2 aromatic carbocycles. The standard InChI is InChI=1S/C15H15N3O4.C2HF3O2/c19-15(20)17-13-5-1-3-11(7-13)9-16-10-12-4-2-6-14(8-12)18(21)22;3-2(4,5)1(6)7/h1-8,16-17H,9-10H2,(H,19,20);(H,6,7). The fourth-order valence-electron chi connectivity index (χ4n) is 2.01. The number of non-ortho nitro benzene ring substituents is 1. The number of carbonyl (C=O) groups is 2. The Balaban J connectivity index is 0.000000516. The Morgan fingerprint density at radius 1 is 1.00 bits per heavy atom. The van der Waals surface area contributed by atoms with Gasteiger partial charge in [-0.15, -0.1) is 0 Å². The molecular weight excluding hydrogens is 399 g/mol. The molecule has 12 heteroatoms. The van der Waals surface area contributed by atoms with Crippen molar-refractivity contribution < 1.29 is 37.9 Å². The lowest BCUT2D eigenvalue weighted by Gasteiger charge is -2.07. The van der Waals surface area contributed by atoms with Crippen LogP contribution in [0.2, 0.25) is 0 Å². The minimum Gasteiger partial charge on any atom is -0.475 e. The van der Waals surface area contributed by atoms with Crippen molar-refractivity contribution in [1.82, 2.24) is 5.32 Å². The molecule has 0 aromatic heterocycles. The van der Waals surface area contributed by atoms with Crippen LogP contribution in [0.3, 0.4) is 0 Å². The van der Waals surface area contributed by atoms with Crippen molar-refractivity contribution >= 4 is 23.4 Å². The van der Waals surface area contributed by atoms with Crippen molar-refractivity contribution in [2.45, 2.75) is 19.3 Å². The predicted octanol–water partition coefficient (Wildman–Crippen LogP) is 3.61. The van der Waals surface area contributed by atoms with Gasteiger partial charge in [0, 0.05) is 30.9 Å². The van der Waals surface area contributed by atoms with E-state index in [1.165, 1.54) is 12.1 Å². The molecule has 1 amide bonds. The number of nitrogens with zero attached hydrogens (tertiary/aromatic N) is 1. The minimum atomic E-state index is -5.08. The molecule has 0 fully saturated rings. The number of halogens is 3. The third-order valence-electron chi connectivity index (χ3n) is 3.20. The number of hydrogen-bond acceptors (Lipinski definition) is 5. The molecule has 4 N–H and O–H groups in total. The van der Waals surface area contributed by atoms with Crippen LogP contribution >= 0.6 is 0 Å². The van der Waals surface area contributed by atoms with Gasteiger partial charge in [-0.3, -0.25) is 15.4 Å². The zero-order chi connectivity index (χ0) is 22.0. The first-order chi connectivity index (χ1) is 13.5. The van der Waals surface area contributed by atoms with Crippen molar-refractivity contribution in [2.24, 2.45) is 0 Å². The van der Waals surface area contributed by atoms with E-state index in [4.69, 9.17) is 15.0 Å². The first-order valence-corrected chi connectivity index (χ1v) is 7.82. The molecule has 0 atom stereocenters. The van der Waals surface area contributed by atoms with Crippen LogP contribution in [0.5, 0.6) is 0 Å². The average Bonchev–Trinajstić information content (AvgIpc) is 2.61. The molecular formula is C17H16F3N3O6. The molecule has 156 valence electrons. The summed E-state index contributed by atoms with van der Waals surface area (Å²) in [5.41, 5.74) is 2.29. The minimum absolute atomic E-state index is 0.0620. The van der Waals surface area contributed by atoms with Gasteiger partial charge in [0.1, 0.15) is 0 Å². The fraction of sp³-hybridized carbons (Fsp3) is 0.176. The van der Waals surface area contributed by atoms with Crippen molar-refractivity contribution in [1.29, 1.82) is 0 Å². The fourth-order valence-corrected chi connectivity index (χ4v) is 2.01.